The van der Waals surface area contributed by atoms with Gasteiger partial charge in [-0.1, -0.05) is 57.1 Å². The summed E-state index contributed by atoms with van der Waals surface area (Å²) in [4.78, 5) is 10.7. The van der Waals surface area contributed by atoms with Crippen LogP contribution in [0.15, 0.2) is 24.3 Å². The number of carboxylic acid groups (broad SMARTS) is 1. The van der Waals surface area contributed by atoms with Crippen LogP contribution in [0.1, 0.15) is 33.3 Å². The Morgan fingerprint density at radius 1 is 1.24 bits per heavy atom. The molecule has 0 radical (unpaired) electrons. The quantitative estimate of drug-likeness (QED) is 0.816. The van der Waals surface area contributed by atoms with Gasteiger partial charge in [0.2, 0.25) is 0 Å². The van der Waals surface area contributed by atoms with E-state index >= 15 is 0 Å². The van der Waals surface area contributed by atoms with Crippen LogP contribution < -0.4 is 5.19 Å². The summed E-state index contributed by atoms with van der Waals surface area (Å²) in [6.07, 6.45) is 0.130. The number of aliphatic carboxylic acids is 1. The van der Waals surface area contributed by atoms with Gasteiger partial charge in [-0.25, -0.2) is 0 Å². The lowest BCUT2D eigenvalue weighted by molar-refractivity contribution is -0.136. The molecule has 0 atom stereocenters. The number of benzene rings is 1. The van der Waals surface area contributed by atoms with E-state index < -0.39 is 14.8 Å². The summed E-state index contributed by atoms with van der Waals surface area (Å²) in [5.74, 6) is -0.755. The zero-order chi connectivity index (χ0) is 13.0. The average Bonchev–Trinajstić information content (AvgIpc) is 2.15. The maximum atomic E-state index is 10.7. The highest BCUT2D eigenvalue weighted by Crippen LogP contribution is 2.20. The molecular weight excluding hydrogens is 228 g/mol. The first-order valence-corrected chi connectivity index (χ1v) is 8.13. The smallest absolute Gasteiger partial charge is 0.307 e. The number of hydrogen-bond acceptors (Lipinski definition) is 1. The molecular formula is C14H22O2Si. The van der Waals surface area contributed by atoms with Gasteiger partial charge in [-0.2, -0.15) is 0 Å². The van der Waals surface area contributed by atoms with Gasteiger partial charge in [0.05, 0.1) is 15.2 Å². The van der Waals surface area contributed by atoms with E-state index in [1.165, 1.54) is 5.19 Å². The molecule has 0 aromatic heterocycles. The van der Waals surface area contributed by atoms with Gasteiger partial charge in [0.25, 0.3) is 0 Å². The van der Waals surface area contributed by atoms with Crippen molar-refractivity contribution in [2.45, 2.75) is 45.2 Å². The molecule has 0 spiro atoms. The highest BCUT2D eigenvalue weighted by molar-refractivity contribution is 6.75. The molecule has 3 heteroatoms. The van der Waals surface area contributed by atoms with Crippen LogP contribution in [0.4, 0.5) is 0 Å². The molecule has 0 heterocycles. The van der Waals surface area contributed by atoms with E-state index in [4.69, 9.17) is 5.11 Å². The Labute approximate surface area is 105 Å². The van der Waals surface area contributed by atoms with Gasteiger partial charge < -0.3 is 5.11 Å². The van der Waals surface area contributed by atoms with E-state index in [-0.39, 0.29) is 6.42 Å². The second-order valence-corrected chi connectivity index (χ2v) is 9.71. The van der Waals surface area contributed by atoms with Crippen molar-refractivity contribution in [3.8, 4) is 0 Å². The fraction of sp³-hybridized carbons (Fsp3) is 0.500. The molecule has 94 valence electrons. The first-order chi connectivity index (χ1) is 7.91. The third kappa shape index (κ3) is 4.00. The van der Waals surface area contributed by atoms with Crippen LogP contribution in [0, 0.1) is 0 Å². The Balaban J connectivity index is 3.00. The standard InChI is InChI=1S/C14H22O2Si/c1-10(2)17(11(3)4)13-7-5-6-12(8-13)9-14(15)16/h5-8,10-11,17H,9H2,1-4H3,(H,15,16). The van der Waals surface area contributed by atoms with Crippen LogP contribution >= 0.6 is 0 Å². The molecule has 1 aromatic carbocycles. The van der Waals surface area contributed by atoms with Gasteiger partial charge in [-0.05, 0) is 16.6 Å². The topological polar surface area (TPSA) is 37.3 Å². The van der Waals surface area contributed by atoms with Crippen LogP contribution in [0.2, 0.25) is 11.1 Å². The molecule has 0 unspecified atom stereocenters. The highest BCUT2D eigenvalue weighted by atomic mass is 28.3. The number of carbonyl (C=O) groups is 1. The van der Waals surface area contributed by atoms with Crippen LogP contribution in [0.3, 0.4) is 0 Å². The molecule has 0 saturated carbocycles. The van der Waals surface area contributed by atoms with Crippen molar-refractivity contribution in [2.75, 3.05) is 0 Å². The monoisotopic (exact) mass is 250 g/mol. The maximum Gasteiger partial charge on any atom is 0.307 e. The molecule has 0 aliphatic heterocycles. The Morgan fingerprint density at radius 3 is 2.29 bits per heavy atom. The third-order valence-corrected chi connectivity index (χ3v) is 7.13. The summed E-state index contributed by atoms with van der Waals surface area (Å²) >= 11 is 0. The van der Waals surface area contributed by atoms with E-state index in [9.17, 15) is 4.79 Å². The van der Waals surface area contributed by atoms with Crippen LogP contribution in [0.5, 0.6) is 0 Å². The van der Waals surface area contributed by atoms with Crippen molar-refractivity contribution in [1.29, 1.82) is 0 Å². The van der Waals surface area contributed by atoms with E-state index in [1.807, 2.05) is 12.1 Å². The number of hydrogen-bond donors (Lipinski definition) is 1. The molecule has 0 aliphatic rings. The second kappa shape index (κ2) is 6.01. The molecule has 0 saturated heterocycles. The molecule has 0 bridgehead atoms. The molecule has 17 heavy (non-hydrogen) atoms. The molecule has 1 N–H and O–H groups in total. The lowest BCUT2D eigenvalue weighted by Crippen LogP contribution is -2.36. The van der Waals surface area contributed by atoms with Gasteiger partial charge in [0, 0.05) is 0 Å². The molecule has 0 aliphatic carbocycles. The first kappa shape index (κ1) is 14.0. The summed E-state index contributed by atoms with van der Waals surface area (Å²) in [5, 5.41) is 10.2. The van der Waals surface area contributed by atoms with Crippen LogP contribution in [-0.2, 0) is 11.2 Å². The predicted molar refractivity (Wildman–Crippen MR) is 74.8 cm³/mol. The first-order valence-electron chi connectivity index (χ1n) is 6.22. The molecule has 0 amide bonds. The van der Waals surface area contributed by atoms with Gasteiger partial charge in [0.1, 0.15) is 0 Å². The minimum Gasteiger partial charge on any atom is -0.481 e. The van der Waals surface area contributed by atoms with Crippen molar-refractivity contribution in [1.82, 2.24) is 0 Å². The molecule has 1 aromatic rings. The Morgan fingerprint density at radius 2 is 1.82 bits per heavy atom. The van der Waals surface area contributed by atoms with E-state index in [0.29, 0.717) is 11.1 Å². The molecule has 2 nitrogen and oxygen atoms in total. The second-order valence-electron chi connectivity index (χ2n) is 5.33. The van der Waals surface area contributed by atoms with Gasteiger partial charge >= 0.3 is 5.97 Å². The largest absolute Gasteiger partial charge is 0.481 e. The molecule has 1 rings (SSSR count). The van der Waals surface area contributed by atoms with Crippen molar-refractivity contribution < 1.29 is 9.90 Å². The van der Waals surface area contributed by atoms with Gasteiger partial charge in [0.15, 0.2) is 0 Å². The van der Waals surface area contributed by atoms with Crippen LogP contribution in [-0.4, -0.2) is 19.9 Å². The summed E-state index contributed by atoms with van der Waals surface area (Å²) in [6.45, 7) is 9.11. The third-order valence-electron chi connectivity index (χ3n) is 3.13. The Bertz CT molecular complexity index is 378. The number of carboxylic acids is 1. The van der Waals surface area contributed by atoms with E-state index in [1.54, 1.807) is 0 Å². The normalized spacial score (nSPS) is 11.5. The van der Waals surface area contributed by atoms with Crippen LogP contribution in [0.25, 0.3) is 0 Å². The summed E-state index contributed by atoms with van der Waals surface area (Å²) in [6, 6.07) is 8.18. The summed E-state index contributed by atoms with van der Waals surface area (Å²) in [7, 11) is -1.01. The fourth-order valence-electron chi connectivity index (χ4n) is 2.62. The summed E-state index contributed by atoms with van der Waals surface area (Å²) in [5.41, 5.74) is 2.33. The average molecular weight is 250 g/mol. The minimum absolute atomic E-state index is 0.130. The van der Waals surface area contributed by atoms with Gasteiger partial charge in [-0.15, -0.1) is 0 Å². The fourth-order valence-corrected chi connectivity index (χ4v) is 6.44. The highest BCUT2D eigenvalue weighted by Gasteiger charge is 2.21. The van der Waals surface area contributed by atoms with Crippen molar-refractivity contribution in [3.63, 3.8) is 0 Å². The summed E-state index contributed by atoms with van der Waals surface area (Å²) < 4.78 is 0. The zero-order valence-electron chi connectivity index (χ0n) is 11.1. The lowest BCUT2D eigenvalue weighted by Gasteiger charge is -2.24. The molecule has 0 fully saturated rings. The van der Waals surface area contributed by atoms with E-state index in [2.05, 4.69) is 39.8 Å². The van der Waals surface area contributed by atoms with E-state index in [0.717, 1.165) is 5.56 Å². The zero-order valence-corrected chi connectivity index (χ0v) is 12.3. The SMILES string of the molecule is CC(C)[SiH](c1cccc(CC(=O)O)c1)C(C)C. The predicted octanol–water partition coefficient (Wildman–Crippen LogP) is 2.57. The maximum absolute atomic E-state index is 10.7. The lowest BCUT2D eigenvalue weighted by atomic mass is 10.1. The minimum atomic E-state index is -1.01. The van der Waals surface area contributed by atoms with Crippen molar-refractivity contribution >= 4 is 20.0 Å². The van der Waals surface area contributed by atoms with Crippen molar-refractivity contribution in [2.24, 2.45) is 0 Å². The van der Waals surface area contributed by atoms with Crippen molar-refractivity contribution in [3.05, 3.63) is 29.8 Å². The Hall–Kier alpha value is -1.09. The Kier molecular flexibility index (Phi) is 4.94. The number of rotatable bonds is 5. The van der Waals surface area contributed by atoms with Gasteiger partial charge in [-0.3, -0.25) is 4.79 Å².